The number of pyridine rings is 1. The number of aromatic nitrogens is 3. The van der Waals surface area contributed by atoms with Gasteiger partial charge in [0.1, 0.15) is 11.8 Å². The van der Waals surface area contributed by atoms with E-state index in [0.717, 1.165) is 9.47 Å². The van der Waals surface area contributed by atoms with Gasteiger partial charge in [-0.1, -0.05) is 19.1 Å². The number of likely N-dealkylation sites (N-methyl/N-ethyl adjacent to an activating group) is 1. The molecule has 0 aliphatic heterocycles. The second kappa shape index (κ2) is 10.5. The van der Waals surface area contributed by atoms with Crippen LogP contribution in [0.4, 0.5) is 18.0 Å². The molecule has 0 aliphatic carbocycles. The summed E-state index contributed by atoms with van der Waals surface area (Å²) in [5.74, 6) is -1.50. The number of aliphatic carboxylic acids is 1. The summed E-state index contributed by atoms with van der Waals surface area (Å²) in [5.41, 5.74) is 1.18. The summed E-state index contributed by atoms with van der Waals surface area (Å²) in [7, 11) is 1.33. The van der Waals surface area contributed by atoms with Gasteiger partial charge in [0.25, 0.3) is 0 Å². The monoisotopic (exact) mass is 512 g/mol. The summed E-state index contributed by atoms with van der Waals surface area (Å²) >= 11 is -1.96. The van der Waals surface area contributed by atoms with Gasteiger partial charge in [-0.05, 0) is 31.5 Å². The van der Waals surface area contributed by atoms with E-state index in [4.69, 9.17) is 4.74 Å². The van der Waals surface area contributed by atoms with Gasteiger partial charge < -0.3 is 19.3 Å². The van der Waals surface area contributed by atoms with E-state index in [9.17, 15) is 32.4 Å². The van der Waals surface area contributed by atoms with Crippen molar-refractivity contribution in [1.29, 1.82) is 0 Å². The maximum Gasteiger partial charge on any atom is 0.422 e. The molecule has 0 aliphatic rings. The molecule has 2 aromatic heterocycles. The number of halogens is 3. The van der Waals surface area contributed by atoms with Gasteiger partial charge in [0.05, 0.1) is 16.7 Å². The van der Waals surface area contributed by atoms with Gasteiger partial charge in [0, 0.05) is 30.0 Å². The summed E-state index contributed by atoms with van der Waals surface area (Å²) in [6.07, 6.45) is -3.13. The molecule has 1 amide bonds. The Kier molecular flexibility index (Phi) is 7.90. The first-order chi connectivity index (χ1) is 16.4. The molecule has 0 bridgehead atoms. The number of imidazole rings is 1. The number of carboxylic acids is 1. The molecule has 0 radical (unpaired) electrons. The van der Waals surface area contributed by atoms with Gasteiger partial charge in [-0.25, -0.2) is 14.2 Å². The standard InChI is InChI=1S/C22H23F3N4O5S/c1-4-16(19(30)31)28(3)21(32)29-17-8-6-5-7-14(17)27-20(29)35(33)11-15-13(2)18(9-10-26-15)34-12-22(23,24)25/h5-10,16H,4,11-12H2,1-3H3,(H,30,31). The van der Waals surface area contributed by atoms with Crippen LogP contribution in [-0.2, 0) is 21.7 Å². The van der Waals surface area contributed by atoms with Crippen molar-refractivity contribution in [2.45, 2.75) is 43.4 Å². The number of rotatable bonds is 8. The van der Waals surface area contributed by atoms with Gasteiger partial charge in [0.2, 0.25) is 0 Å². The predicted molar refractivity (Wildman–Crippen MR) is 121 cm³/mol. The van der Waals surface area contributed by atoms with Crippen molar-refractivity contribution in [2.24, 2.45) is 0 Å². The molecule has 0 saturated carbocycles. The second-order valence-electron chi connectivity index (χ2n) is 7.65. The largest absolute Gasteiger partial charge is 0.609 e. The Morgan fingerprint density at radius 2 is 1.97 bits per heavy atom. The lowest BCUT2D eigenvalue weighted by Crippen LogP contribution is -2.44. The summed E-state index contributed by atoms with van der Waals surface area (Å²) in [4.78, 5) is 34.4. The molecule has 0 saturated heterocycles. The number of ether oxygens (including phenoxy) is 1. The lowest BCUT2D eigenvalue weighted by Gasteiger charge is -2.24. The van der Waals surface area contributed by atoms with Gasteiger partial charge >= 0.3 is 23.3 Å². The third-order valence-electron chi connectivity index (χ3n) is 5.28. The normalized spacial score (nSPS) is 13.5. The Bertz CT molecular complexity index is 1230. The number of hydrogen-bond acceptors (Lipinski definition) is 6. The Balaban J connectivity index is 1.97. The molecule has 2 unspecified atom stereocenters. The number of hydrogen-bond donors (Lipinski definition) is 1. The van der Waals surface area contributed by atoms with Crippen molar-refractivity contribution in [3.05, 3.63) is 47.8 Å². The first-order valence-electron chi connectivity index (χ1n) is 10.4. The van der Waals surface area contributed by atoms with Crippen molar-refractivity contribution in [2.75, 3.05) is 13.7 Å². The highest BCUT2D eigenvalue weighted by molar-refractivity contribution is 7.90. The Morgan fingerprint density at radius 1 is 1.29 bits per heavy atom. The highest BCUT2D eigenvalue weighted by Crippen LogP contribution is 2.27. The van der Waals surface area contributed by atoms with Gasteiger partial charge in [-0.3, -0.25) is 4.98 Å². The number of carbonyl (C=O) groups is 2. The molecular formula is C22H23F3N4O5S. The molecule has 3 rings (SSSR count). The minimum Gasteiger partial charge on any atom is -0.609 e. The third-order valence-corrected chi connectivity index (χ3v) is 6.50. The van der Waals surface area contributed by atoms with Crippen molar-refractivity contribution in [3.8, 4) is 5.75 Å². The number of carbonyl (C=O) groups excluding carboxylic acids is 1. The van der Waals surface area contributed by atoms with E-state index in [2.05, 4.69) is 9.97 Å². The van der Waals surface area contributed by atoms with Crippen molar-refractivity contribution >= 4 is 34.2 Å². The minimum atomic E-state index is -4.53. The number of carboxylic acid groups (broad SMARTS) is 1. The van der Waals surface area contributed by atoms with E-state index in [1.54, 1.807) is 31.2 Å². The zero-order valence-electron chi connectivity index (χ0n) is 19.1. The fourth-order valence-corrected chi connectivity index (χ4v) is 4.70. The van der Waals surface area contributed by atoms with Gasteiger partial charge in [-0.2, -0.15) is 18.2 Å². The molecule has 3 aromatic rings. The van der Waals surface area contributed by atoms with Crippen molar-refractivity contribution in [3.63, 3.8) is 0 Å². The molecule has 9 nitrogen and oxygen atoms in total. The molecule has 2 atom stereocenters. The molecule has 1 N–H and O–H groups in total. The molecule has 2 heterocycles. The van der Waals surface area contributed by atoms with Crippen LogP contribution in [0.25, 0.3) is 11.0 Å². The second-order valence-corrected chi connectivity index (χ2v) is 8.99. The topological polar surface area (TPSA) is 121 Å². The average Bonchev–Trinajstić information content (AvgIpc) is 3.18. The Hall–Kier alpha value is -3.32. The van der Waals surface area contributed by atoms with Crippen molar-refractivity contribution in [1.82, 2.24) is 19.4 Å². The zero-order chi connectivity index (χ0) is 25.9. The van der Waals surface area contributed by atoms with Gasteiger partial charge in [-0.15, -0.1) is 0 Å². The minimum absolute atomic E-state index is 0.0547. The van der Waals surface area contributed by atoms with Crippen LogP contribution in [0.15, 0.2) is 41.7 Å². The van der Waals surface area contributed by atoms with Crippen LogP contribution in [0, 0.1) is 6.92 Å². The summed E-state index contributed by atoms with van der Waals surface area (Å²) < 4.78 is 56.9. The summed E-state index contributed by atoms with van der Waals surface area (Å²) in [6.45, 7) is 1.63. The SMILES string of the molecule is CCC(C(=O)O)N(C)C(=O)n1c([S+]([O-])Cc2nccc(OCC(F)(F)F)c2C)nc2ccccc21. The highest BCUT2D eigenvalue weighted by atomic mass is 32.2. The number of para-hydroxylation sites is 2. The van der Waals surface area contributed by atoms with E-state index in [-0.39, 0.29) is 34.3 Å². The van der Waals surface area contributed by atoms with Crippen LogP contribution in [0.3, 0.4) is 0 Å². The lowest BCUT2D eigenvalue weighted by atomic mass is 10.2. The van der Waals surface area contributed by atoms with Crippen molar-refractivity contribution < 1.29 is 37.2 Å². The number of fused-ring (bicyclic) bond motifs is 1. The van der Waals surface area contributed by atoms with Crippen LogP contribution in [0.2, 0.25) is 0 Å². The first kappa shape index (κ1) is 26.3. The molecule has 0 spiro atoms. The molecule has 0 fully saturated rings. The van der Waals surface area contributed by atoms with E-state index >= 15 is 0 Å². The fourth-order valence-electron chi connectivity index (χ4n) is 3.46. The lowest BCUT2D eigenvalue weighted by molar-refractivity contribution is -0.153. The highest BCUT2D eigenvalue weighted by Gasteiger charge is 2.33. The fraction of sp³-hybridized carbons (Fsp3) is 0.364. The number of benzene rings is 1. The van der Waals surface area contributed by atoms with Crippen LogP contribution in [0.1, 0.15) is 24.6 Å². The van der Waals surface area contributed by atoms with Crippen LogP contribution in [0.5, 0.6) is 5.75 Å². The smallest absolute Gasteiger partial charge is 0.422 e. The van der Waals surface area contributed by atoms with E-state index in [1.165, 1.54) is 26.2 Å². The van der Waals surface area contributed by atoms with Crippen LogP contribution < -0.4 is 4.74 Å². The maximum atomic E-state index is 13.4. The predicted octanol–water partition coefficient (Wildman–Crippen LogP) is 3.75. The van der Waals surface area contributed by atoms with Crippen LogP contribution in [-0.4, -0.2) is 67.0 Å². The molecular weight excluding hydrogens is 489 g/mol. The van der Waals surface area contributed by atoms with E-state index in [1.807, 2.05) is 0 Å². The number of amides is 1. The van der Waals surface area contributed by atoms with Gasteiger partial charge in [0.15, 0.2) is 12.4 Å². The third kappa shape index (κ3) is 5.85. The summed E-state index contributed by atoms with van der Waals surface area (Å²) in [5, 5.41) is 9.32. The zero-order valence-corrected chi connectivity index (χ0v) is 19.9. The van der Waals surface area contributed by atoms with E-state index in [0.29, 0.717) is 11.0 Å². The molecule has 13 heteroatoms. The quantitative estimate of drug-likeness (QED) is 0.456. The molecule has 1 aromatic carbocycles. The summed E-state index contributed by atoms with van der Waals surface area (Å²) in [6, 6.07) is 5.97. The van der Waals surface area contributed by atoms with Crippen LogP contribution >= 0.6 is 0 Å². The Morgan fingerprint density at radius 3 is 2.60 bits per heavy atom. The number of alkyl halides is 3. The molecule has 35 heavy (non-hydrogen) atoms. The molecule has 188 valence electrons. The average molecular weight is 513 g/mol. The Labute approximate surface area is 201 Å². The van der Waals surface area contributed by atoms with E-state index < -0.39 is 42.0 Å². The number of nitrogens with zero attached hydrogens (tertiary/aromatic N) is 4. The maximum absolute atomic E-state index is 13.4. The first-order valence-corrected chi connectivity index (χ1v) is 11.8.